The number of amides is 2. The molecular formula is C23H24N4O3S. The first-order valence-corrected chi connectivity index (χ1v) is 11.0. The average Bonchev–Trinajstić information content (AvgIpc) is 3.31. The van der Waals surface area contributed by atoms with E-state index in [4.69, 9.17) is 4.74 Å². The van der Waals surface area contributed by atoms with Gasteiger partial charge in [0.1, 0.15) is 10.8 Å². The molecule has 7 nitrogen and oxygen atoms in total. The monoisotopic (exact) mass is 436 g/mol. The average molecular weight is 437 g/mol. The Morgan fingerprint density at radius 1 is 1.10 bits per heavy atom. The van der Waals surface area contributed by atoms with E-state index in [9.17, 15) is 9.59 Å². The van der Waals surface area contributed by atoms with Crippen molar-refractivity contribution < 1.29 is 14.3 Å². The zero-order valence-corrected chi connectivity index (χ0v) is 18.3. The van der Waals surface area contributed by atoms with Gasteiger partial charge in [-0.3, -0.25) is 9.59 Å². The minimum Gasteiger partial charge on any atom is -0.497 e. The highest BCUT2D eigenvalue weighted by Gasteiger charge is 2.28. The van der Waals surface area contributed by atoms with Crippen LogP contribution in [0.1, 0.15) is 49.5 Å². The molecule has 3 aromatic rings. The van der Waals surface area contributed by atoms with Gasteiger partial charge in [0, 0.05) is 30.3 Å². The van der Waals surface area contributed by atoms with Crippen molar-refractivity contribution in [1.29, 1.82) is 0 Å². The number of rotatable bonds is 5. The lowest BCUT2D eigenvalue weighted by atomic mass is 9.98. The molecule has 1 aliphatic rings. The van der Waals surface area contributed by atoms with Crippen LogP contribution in [0.3, 0.4) is 0 Å². The molecule has 1 N–H and O–H groups in total. The fourth-order valence-corrected chi connectivity index (χ4v) is 4.46. The summed E-state index contributed by atoms with van der Waals surface area (Å²) in [4.78, 5) is 27.3. The first-order valence-electron chi connectivity index (χ1n) is 10.2. The van der Waals surface area contributed by atoms with Crippen molar-refractivity contribution in [3.05, 3.63) is 69.7 Å². The van der Waals surface area contributed by atoms with Gasteiger partial charge in [0.05, 0.1) is 7.11 Å². The minimum atomic E-state index is -0.269. The van der Waals surface area contributed by atoms with Crippen molar-refractivity contribution in [2.75, 3.05) is 25.5 Å². The fraction of sp³-hybridized carbons (Fsp3) is 0.304. The predicted molar refractivity (Wildman–Crippen MR) is 120 cm³/mol. The van der Waals surface area contributed by atoms with Crippen molar-refractivity contribution in [1.82, 2.24) is 15.1 Å². The first kappa shape index (κ1) is 21.0. The number of likely N-dealkylation sites (tertiary alicyclic amines) is 1. The number of nitrogens with zero attached hydrogens (tertiary/aromatic N) is 3. The van der Waals surface area contributed by atoms with Crippen LogP contribution < -0.4 is 10.1 Å². The van der Waals surface area contributed by atoms with E-state index in [1.165, 1.54) is 11.3 Å². The van der Waals surface area contributed by atoms with Gasteiger partial charge in [-0.15, -0.1) is 10.2 Å². The molecule has 1 fully saturated rings. The number of methoxy groups -OCH3 is 1. The molecule has 1 aromatic heterocycles. The lowest BCUT2D eigenvalue weighted by molar-refractivity contribution is 0.0706. The standard InChI is InChI=1S/C23H24N4O3S/c1-15-5-9-18(10-6-15)24-20(28)22-26-25-21(31-22)17-4-3-13-27(14-17)23(29)16-7-11-19(30-2)12-8-16/h5-12,17H,3-4,13-14H2,1-2H3,(H,24,28)/t17-/m0/s1. The Morgan fingerprint density at radius 3 is 2.55 bits per heavy atom. The van der Waals surface area contributed by atoms with Gasteiger partial charge >= 0.3 is 0 Å². The van der Waals surface area contributed by atoms with Gasteiger partial charge in [-0.05, 0) is 56.2 Å². The summed E-state index contributed by atoms with van der Waals surface area (Å²) in [6.07, 6.45) is 1.80. The third-order valence-electron chi connectivity index (χ3n) is 5.34. The number of carbonyl (C=O) groups excluding carboxylic acids is 2. The maximum Gasteiger partial charge on any atom is 0.286 e. The maximum atomic E-state index is 12.9. The molecule has 0 bridgehead atoms. The number of hydrogen-bond donors (Lipinski definition) is 1. The van der Waals surface area contributed by atoms with Crippen molar-refractivity contribution in [3.63, 3.8) is 0 Å². The number of aromatic nitrogens is 2. The predicted octanol–water partition coefficient (Wildman–Crippen LogP) is 4.13. The van der Waals surface area contributed by atoms with Crippen LogP contribution in [0.25, 0.3) is 0 Å². The Hall–Kier alpha value is -3.26. The SMILES string of the molecule is COc1ccc(C(=O)N2CCC[C@H](c3nnc(C(=O)Nc4ccc(C)cc4)s3)C2)cc1. The van der Waals surface area contributed by atoms with E-state index >= 15 is 0 Å². The molecule has 0 saturated carbocycles. The molecule has 2 amide bonds. The lowest BCUT2D eigenvalue weighted by Crippen LogP contribution is -2.39. The van der Waals surface area contributed by atoms with Gasteiger partial charge in [-0.25, -0.2) is 0 Å². The lowest BCUT2D eigenvalue weighted by Gasteiger charge is -2.31. The number of ether oxygens (including phenoxy) is 1. The van der Waals surface area contributed by atoms with Crippen LogP contribution in [-0.4, -0.2) is 47.1 Å². The third kappa shape index (κ3) is 4.91. The number of hydrogen-bond acceptors (Lipinski definition) is 6. The largest absolute Gasteiger partial charge is 0.497 e. The fourth-order valence-electron chi connectivity index (χ4n) is 3.59. The van der Waals surface area contributed by atoms with Crippen LogP contribution in [0.2, 0.25) is 0 Å². The number of carbonyl (C=O) groups is 2. The Labute approximate surface area is 185 Å². The van der Waals surface area contributed by atoms with Crippen LogP contribution in [0.4, 0.5) is 5.69 Å². The van der Waals surface area contributed by atoms with Gasteiger partial charge in [0.25, 0.3) is 11.8 Å². The molecule has 2 heterocycles. The maximum absolute atomic E-state index is 12.9. The molecule has 1 atom stereocenters. The minimum absolute atomic E-state index is 0.00536. The van der Waals surface area contributed by atoms with E-state index in [1.807, 2.05) is 36.1 Å². The van der Waals surface area contributed by atoms with Crippen LogP contribution in [0, 0.1) is 6.92 Å². The van der Waals surface area contributed by atoms with Crippen LogP contribution >= 0.6 is 11.3 Å². The van der Waals surface area contributed by atoms with E-state index in [1.54, 1.807) is 31.4 Å². The Morgan fingerprint density at radius 2 is 1.84 bits per heavy atom. The smallest absolute Gasteiger partial charge is 0.286 e. The molecule has 0 unspecified atom stereocenters. The molecule has 0 spiro atoms. The molecule has 4 rings (SSSR count). The zero-order valence-electron chi connectivity index (χ0n) is 17.5. The molecule has 1 aliphatic heterocycles. The highest BCUT2D eigenvalue weighted by molar-refractivity contribution is 7.13. The molecule has 0 aliphatic carbocycles. The van der Waals surface area contributed by atoms with Gasteiger partial charge < -0.3 is 15.0 Å². The van der Waals surface area contributed by atoms with E-state index in [0.29, 0.717) is 23.7 Å². The quantitative estimate of drug-likeness (QED) is 0.650. The first-order chi connectivity index (χ1) is 15.0. The summed E-state index contributed by atoms with van der Waals surface area (Å²) in [7, 11) is 1.60. The molecule has 1 saturated heterocycles. The summed E-state index contributed by atoms with van der Waals surface area (Å²) in [6.45, 7) is 3.27. The second-order valence-electron chi connectivity index (χ2n) is 7.58. The van der Waals surface area contributed by atoms with E-state index in [0.717, 1.165) is 34.8 Å². The Kier molecular flexibility index (Phi) is 6.27. The summed E-state index contributed by atoms with van der Waals surface area (Å²) in [6, 6.07) is 14.7. The van der Waals surface area contributed by atoms with Crippen molar-refractivity contribution in [3.8, 4) is 5.75 Å². The van der Waals surface area contributed by atoms with E-state index < -0.39 is 0 Å². The third-order valence-corrected chi connectivity index (χ3v) is 6.42. The van der Waals surface area contributed by atoms with Crippen molar-refractivity contribution in [2.45, 2.75) is 25.7 Å². The van der Waals surface area contributed by atoms with E-state index in [2.05, 4.69) is 15.5 Å². The zero-order chi connectivity index (χ0) is 21.8. The van der Waals surface area contributed by atoms with Crippen LogP contribution in [-0.2, 0) is 0 Å². The van der Waals surface area contributed by atoms with E-state index in [-0.39, 0.29) is 17.7 Å². The number of nitrogens with one attached hydrogen (secondary N) is 1. The number of aryl methyl sites for hydroxylation is 1. The van der Waals surface area contributed by atoms with Crippen LogP contribution in [0.15, 0.2) is 48.5 Å². The normalized spacial score (nSPS) is 16.1. The Bertz CT molecular complexity index is 1060. The highest BCUT2D eigenvalue weighted by Crippen LogP contribution is 2.30. The van der Waals surface area contributed by atoms with Crippen molar-refractivity contribution in [2.24, 2.45) is 0 Å². The summed E-state index contributed by atoms with van der Waals surface area (Å²) >= 11 is 1.30. The van der Waals surface area contributed by atoms with Gasteiger partial charge in [-0.1, -0.05) is 29.0 Å². The van der Waals surface area contributed by atoms with Gasteiger partial charge in [0.2, 0.25) is 5.01 Å². The van der Waals surface area contributed by atoms with Crippen LogP contribution in [0.5, 0.6) is 5.75 Å². The number of piperidine rings is 1. The molecular weight excluding hydrogens is 412 g/mol. The second-order valence-corrected chi connectivity index (χ2v) is 8.59. The highest BCUT2D eigenvalue weighted by atomic mass is 32.1. The number of benzene rings is 2. The summed E-state index contributed by atoms with van der Waals surface area (Å²) in [5.41, 5.74) is 2.49. The van der Waals surface area contributed by atoms with Crippen molar-refractivity contribution >= 4 is 28.8 Å². The molecule has 160 valence electrons. The molecule has 0 radical (unpaired) electrons. The molecule has 31 heavy (non-hydrogen) atoms. The molecule has 2 aromatic carbocycles. The van der Waals surface area contributed by atoms with Gasteiger partial charge in [0.15, 0.2) is 0 Å². The number of anilines is 1. The van der Waals surface area contributed by atoms with Gasteiger partial charge in [-0.2, -0.15) is 0 Å². The summed E-state index contributed by atoms with van der Waals surface area (Å²) in [5.74, 6) is 0.525. The topological polar surface area (TPSA) is 84.4 Å². The molecule has 8 heteroatoms. The second kappa shape index (κ2) is 9.26. The summed E-state index contributed by atoms with van der Waals surface area (Å²) < 4.78 is 5.16. The summed E-state index contributed by atoms with van der Waals surface area (Å²) in [5, 5.41) is 12.3. The Balaban J connectivity index is 1.41.